The SMILES string of the molecule is C[C@H](Oc1cc(-c2ccc(CN3CCCC3)cc2)cnc1N)c1c(F)ccc(F)c1Cl. The molecule has 0 bridgehead atoms. The standard InChI is InChI=1S/C24H24ClF2N3O/c1-15(22-19(26)8-9-20(27)23(22)25)31-21-12-18(13-29-24(21)28)17-6-4-16(5-7-17)14-30-10-2-3-11-30/h4-9,12-13,15H,2-3,10-11,14H2,1H3,(H2,28,29)/t15-/m0/s1. The predicted octanol–water partition coefficient (Wildman–Crippen LogP) is 6.00. The van der Waals surface area contributed by atoms with Gasteiger partial charge in [-0.15, -0.1) is 0 Å². The number of likely N-dealkylation sites (tertiary alicyclic amines) is 1. The Morgan fingerprint density at radius 3 is 2.45 bits per heavy atom. The number of nitrogens with two attached hydrogens (primary N) is 1. The summed E-state index contributed by atoms with van der Waals surface area (Å²) in [5, 5.41) is -0.302. The highest BCUT2D eigenvalue weighted by atomic mass is 35.5. The van der Waals surface area contributed by atoms with Crippen LogP contribution in [0.25, 0.3) is 11.1 Å². The maximum absolute atomic E-state index is 14.2. The lowest BCUT2D eigenvalue weighted by Crippen LogP contribution is -2.18. The highest BCUT2D eigenvalue weighted by Gasteiger charge is 2.21. The molecular weight excluding hydrogens is 420 g/mol. The van der Waals surface area contributed by atoms with E-state index in [0.29, 0.717) is 0 Å². The van der Waals surface area contributed by atoms with E-state index in [9.17, 15) is 8.78 Å². The molecule has 0 aliphatic carbocycles. The van der Waals surface area contributed by atoms with E-state index < -0.39 is 17.7 Å². The third-order valence-corrected chi connectivity index (χ3v) is 5.95. The lowest BCUT2D eigenvalue weighted by molar-refractivity contribution is 0.221. The van der Waals surface area contributed by atoms with E-state index in [4.69, 9.17) is 22.1 Å². The van der Waals surface area contributed by atoms with Gasteiger partial charge < -0.3 is 10.5 Å². The number of aromatic nitrogens is 1. The van der Waals surface area contributed by atoms with Crippen molar-refractivity contribution >= 4 is 17.4 Å². The van der Waals surface area contributed by atoms with Crippen LogP contribution in [0.4, 0.5) is 14.6 Å². The summed E-state index contributed by atoms with van der Waals surface area (Å²) in [6.07, 6.45) is 3.34. The molecule has 3 aromatic rings. The average molecular weight is 444 g/mol. The Hall–Kier alpha value is -2.70. The second kappa shape index (κ2) is 9.20. The van der Waals surface area contributed by atoms with Crippen LogP contribution in [0.1, 0.15) is 37.0 Å². The normalized spacial score (nSPS) is 15.2. The molecule has 1 aromatic heterocycles. The number of nitrogen functional groups attached to an aromatic ring is 1. The summed E-state index contributed by atoms with van der Waals surface area (Å²) >= 11 is 5.96. The fraction of sp³-hybridized carbons (Fsp3) is 0.292. The summed E-state index contributed by atoms with van der Waals surface area (Å²) in [6.45, 7) is 4.84. The van der Waals surface area contributed by atoms with Gasteiger partial charge in [0.15, 0.2) is 11.6 Å². The summed E-state index contributed by atoms with van der Waals surface area (Å²) in [6, 6.07) is 12.0. The quantitative estimate of drug-likeness (QED) is 0.475. The first-order chi connectivity index (χ1) is 14.9. The number of halogens is 3. The van der Waals surface area contributed by atoms with E-state index in [1.54, 1.807) is 19.2 Å². The summed E-state index contributed by atoms with van der Waals surface area (Å²) < 4.78 is 33.9. The van der Waals surface area contributed by atoms with E-state index in [1.165, 1.54) is 18.4 Å². The van der Waals surface area contributed by atoms with Crippen molar-refractivity contribution in [2.75, 3.05) is 18.8 Å². The molecule has 31 heavy (non-hydrogen) atoms. The first kappa shape index (κ1) is 21.5. The molecule has 1 fully saturated rings. The molecule has 0 saturated carbocycles. The summed E-state index contributed by atoms with van der Waals surface area (Å²) in [4.78, 5) is 6.66. The minimum absolute atomic E-state index is 0.0577. The van der Waals surface area contributed by atoms with E-state index in [-0.39, 0.29) is 22.2 Å². The Balaban J connectivity index is 1.54. The number of ether oxygens (including phenoxy) is 1. The van der Waals surface area contributed by atoms with Crippen LogP contribution in [0.2, 0.25) is 5.02 Å². The fourth-order valence-electron chi connectivity index (χ4n) is 3.87. The fourth-order valence-corrected chi connectivity index (χ4v) is 4.18. The number of hydrogen-bond acceptors (Lipinski definition) is 4. The number of nitrogens with zero attached hydrogens (tertiary/aromatic N) is 2. The van der Waals surface area contributed by atoms with Gasteiger partial charge in [-0.3, -0.25) is 4.90 Å². The highest BCUT2D eigenvalue weighted by Crippen LogP contribution is 2.34. The molecule has 4 nitrogen and oxygen atoms in total. The lowest BCUT2D eigenvalue weighted by atomic mass is 10.0. The first-order valence-corrected chi connectivity index (χ1v) is 10.7. The number of benzene rings is 2. The molecule has 0 unspecified atom stereocenters. The molecule has 1 aliphatic heterocycles. The van der Waals surface area contributed by atoms with Gasteiger partial charge in [-0.1, -0.05) is 35.9 Å². The second-order valence-electron chi connectivity index (χ2n) is 7.80. The molecule has 0 amide bonds. The van der Waals surface area contributed by atoms with E-state index in [1.807, 2.05) is 12.1 Å². The molecule has 4 rings (SSSR count). The molecule has 2 N–H and O–H groups in total. The van der Waals surface area contributed by atoms with E-state index in [0.717, 1.165) is 42.9 Å². The zero-order valence-corrected chi connectivity index (χ0v) is 18.0. The maximum Gasteiger partial charge on any atom is 0.166 e. The summed E-state index contributed by atoms with van der Waals surface area (Å²) in [5.41, 5.74) is 8.95. The monoisotopic (exact) mass is 443 g/mol. The largest absolute Gasteiger partial charge is 0.482 e. The van der Waals surface area contributed by atoms with Crippen molar-refractivity contribution in [3.8, 4) is 16.9 Å². The Kier molecular flexibility index (Phi) is 6.39. The molecule has 1 saturated heterocycles. The topological polar surface area (TPSA) is 51.4 Å². The van der Waals surface area contributed by atoms with Gasteiger partial charge >= 0.3 is 0 Å². The Bertz CT molecular complexity index is 1070. The van der Waals surface area contributed by atoms with Crippen molar-refractivity contribution < 1.29 is 13.5 Å². The smallest absolute Gasteiger partial charge is 0.166 e. The maximum atomic E-state index is 14.2. The van der Waals surface area contributed by atoms with Gasteiger partial charge in [-0.2, -0.15) is 0 Å². The summed E-state index contributed by atoms with van der Waals surface area (Å²) in [7, 11) is 0. The Labute approximate surface area is 185 Å². The highest BCUT2D eigenvalue weighted by molar-refractivity contribution is 6.31. The zero-order chi connectivity index (χ0) is 22.0. The van der Waals surface area contributed by atoms with Crippen molar-refractivity contribution in [2.45, 2.75) is 32.4 Å². The lowest BCUT2D eigenvalue weighted by Gasteiger charge is -2.19. The zero-order valence-electron chi connectivity index (χ0n) is 17.2. The molecule has 0 spiro atoms. The third-order valence-electron chi connectivity index (χ3n) is 5.56. The van der Waals surface area contributed by atoms with Crippen LogP contribution < -0.4 is 10.5 Å². The van der Waals surface area contributed by atoms with Crippen molar-refractivity contribution in [3.05, 3.63) is 76.4 Å². The average Bonchev–Trinajstić information content (AvgIpc) is 3.26. The number of pyridine rings is 1. The van der Waals surface area contributed by atoms with Crippen molar-refractivity contribution in [2.24, 2.45) is 0 Å². The van der Waals surface area contributed by atoms with Gasteiger partial charge in [0.1, 0.15) is 17.7 Å². The van der Waals surface area contributed by atoms with Gasteiger partial charge in [0.25, 0.3) is 0 Å². The molecule has 1 atom stereocenters. The Morgan fingerprint density at radius 2 is 1.74 bits per heavy atom. The van der Waals surface area contributed by atoms with Gasteiger partial charge in [-0.05, 0) is 62.2 Å². The molecule has 2 aromatic carbocycles. The van der Waals surface area contributed by atoms with Crippen LogP contribution in [0, 0.1) is 11.6 Å². The van der Waals surface area contributed by atoms with Crippen LogP contribution in [0.5, 0.6) is 5.75 Å². The van der Waals surface area contributed by atoms with Crippen molar-refractivity contribution in [3.63, 3.8) is 0 Å². The van der Waals surface area contributed by atoms with Gasteiger partial charge in [0.2, 0.25) is 0 Å². The minimum atomic E-state index is -0.856. The molecule has 1 aliphatic rings. The molecule has 2 heterocycles. The third kappa shape index (κ3) is 4.81. The van der Waals surface area contributed by atoms with E-state index >= 15 is 0 Å². The number of anilines is 1. The second-order valence-corrected chi connectivity index (χ2v) is 8.18. The van der Waals surface area contributed by atoms with Gasteiger partial charge in [0, 0.05) is 23.9 Å². The van der Waals surface area contributed by atoms with Crippen molar-refractivity contribution in [1.82, 2.24) is 9.88 Å². The van der Waals surface area contributed by atoms with Crippen LogP contribution in [0.15, 0.2) is 48.7 Å². The van der Waals surface area contributed by atoms with Crippen LogP contribution >= 0.6 is 11.6 Å². The van der Waals surface area contributed by atoms with E-state index in [2.05, 4.69) is 22.0 Å². The van der Waals surface area contributed by atoms with Crippen LogP contribution in [-0.2, 0) is 6.54 Å². The molecule has 0 radical (unpaired) electrons. The minimum Gasteiger partial charge on any atom is -0.482 e. The number of hydrogen-bond donors (Lipinski definition) is 1. The summed E-state index contributed by atoms with van der Waals surface area (Å²) in [5.74, 6) is -0.905. The molecular formula is C24H24ClF2N3O. The van der Waals surface area contributed by atoms with Crippen molar-refractivity contribution in [1.29, 1.82) is 0 Å². The van der Waals surface area contributed by atoms with Crippen LogP contribution in [0.3, 0.4) is 0 Å². The van der Waals surface area contributed by atoms with Crippen LogP contribution in [-0.4, -0.2) is 23.0 Å². The molecule has 7 heteroatoms. The predicted molar refractivity (Wildman–Crippen MR) is 119 cm³/mol. The number of rotatable bonds is 6. The van der Waals surface area contributed by atoms with Gasteiger partial charge in [0.05, 0.1) is 5.02 Å². The first-order valence-electron chi connectivity index (χ1n) is 10.3. The molecule has 162 valence electrons. The Morgan fingerprint density at radius 1 is 1.06 bits per heavy atom. The van der Waals surface area contributed by atoms with Gasteiger partial charge in [-0.25, -0.2) is 13.8 Å².